The second-order valence-corrected chi connectivity index (χ2v) is 3.84. The largest absolute Gasteiger partial charge is 0.481 e. The van der Waals surface area contributed by atoms with Crippen LogP contribution < -0.4 is 0 Å². The van der Waals surface area contributed by atoms with Crippen LogP contribution in [0.25, 0.3) is 11.4 Å². The number of carbonyl (C=O) groups is 1. The Kier molecular flexibility index (Phi) is 2.91. The number of hydrogen-bond acceptors (Lipinski definition) is 3. The molecule has 2 aromatic heterocycles. The van der Waals surface area contributed by atoms with Crippen molar-refractivity contribution in [3.63, 3.8) is 0 Å². The molecule has 0 unspecified atom stereocenters. The first-order valence-electron chi connectivity index (χ1n) is 5.24. The minimum Gasteiger partial charge on any atom is -0.481 e. The number of carboxylic acid groups (broad SMARTS) is 1. The van der Waals surface area contributed by atoms with Gasteiger partial charge in [0.25, 0.3) is 0 Å². The molecule has 0 fully saturated rings. The second kappa shape index (κ2) is 4.37. The van der Waals surface area contributed by atoms with Crippen molar-refractivity contribution in [2.75, 3.05) is 0 Å². The van der Waals surface area contributed by atoms with Gasteiger partial charge in [-0.25, -0.2) is 4.98 Å². The van der Waals surface area contributed by atoms with Gasteiger partial charge in [-0.15, -0.1) is 0 Å². The Morgan fingerprint density at radius 1 is 1.53 bits per heavy atom. The van der Waals surface area contributed by atoms with Gasteiger partial charge >= 0.3 is 5.97 Å². The van der Waals surface area contributed by atoms with E-state index in [1.807, 2.05) is 30.7 Å². The first-order valence-corrected chi connectivity index (χ1v) is 5.24. The lowest BCUT2D eigenvalue weighted by Crippen LogP contribution is -2.02. The van der Waals surface area contributed by atoms with E-state index in [2.05, 4.69) is 9.97 Å². The highest BCUT2D eigenvalue weighted by Gasteiger charge is 2.14. The number of nitrogens with zero attached hydrogens (tertiary/aromatic N) is 3. The molecule has 1 N–H and O–H groups in total. The Hall–Kier alpha value is -2.17. The van der Waals surface area contributed by atoms with Crippen molar-refractivity contribution >= 4 is 5.97 Å². The molecule has 17 heavy (non-hydrogen) atoms. The highest BCUT2D eigenvalue weighted by atomic mass is 16.4. The van der Waals surface area contributed by atoms with Crippen LogP contribution in [0, 0.1) is 6.92 Å². The molecular formula is C12H13N3O2. The summed E-state index contributed by atoms with van der Waals surface area (Å²) in [7, 11) is 1.87. The zero-order chi connectivity index (χ0) is 12.4. The molecule has 5 nitrogen and oxygen atoms in total. The molecule has 5 heteroatoms. The van der Waals surface area contributed by atoms with Crippen LogP contribution in [0.1, 0.15) is 11.4 Å². The zero-order valence-corrected chi connectivity index (χ0v) is 9.71. The number of carboxylic acids is 1. The van der Waals surface area contributed by atoms with E-state index in [1.54, 1.807) is 12.4 Å². The van der Waals surface area contributed by atoms with E-state index in [9.17, 15) is 4.79 Å². The molecule has 2 aromatic rings. The van der Waals surface area contributed by atoms with Crippen LogP contribution in [-0.2, 0) is 18.3 Å². The molecule has 88 valence electrons. The van der Waals surface area contributed by atoms with E-state index in [4.69, 9.17) is 5.11 Å². The summed E-state index contributed by atoms with van der Waals surface area (Å²) in [5, 5.41) is 8.80. The van der Waals surface area contributed by atoms with Crippen molar-refractivity contribution in [1.82, 2.24) is 14.5 Å². The summed E-state index contributed by atoms with van der Waals surface area (Å²) in [5.74, 6) is -0.129. The Morgan fingerprint density at radius 3 is 2.88 bits per heavy atom. The van der Waals surface area contributed by atoms with Gasteiger partial charge in [0, 0.05) is 30.7 Å². The van der Waals surface area contributed by atoms with Gasteiger partial charge in [-0.2, -0.15) is 0 Å². The molecule has 0 aliphatic heterocycles. The Balaban J connectivity index is 2.46. The molecule has 0 radical (unpaired) electrons. The van der Waals surface area contributed by atoms with Crippen molar-refractivity contribution in [2.24, 2.45) is 7.05 Å². The maximum atomic E-state index is 10.7. The highest BCUT2D eigenvalue weighted by molar-refractivity contribution is 5.70. The van der Waals surface area contributed by atoms with Gasteiger partial charge < -0.3 is 9.67 Å². The van der Waals surface area contributed by atoms with E-state index < -0.39 is 5.97 Å². The number of aliphatic carboxylic acids is 1. The fourth-order valence-corrected chi connectivity index (χ4v) is 1.70. The first-order chi connectivity index (χ1) is 8.09. The molecule has 0 aliphatic rings. The van der Waals surface area contributed by atoms with Crippen molar-refractivity contribution < 1.29 is 9.90 Å². The number of imidazole rings is 1. The van der Waals surface area contributed by atoms with Crippen LogP contribution in [0.2, 0.25) is 0 Å². The monoisotopic (exact) mass is 231 g/mol. The lowest BCUT2D eigenvalue weighted by molar-refractivity contribution is -0.136. The van der Waals surface area contributed by atoms with E-state index in [1.165, 1.54) is 0 Å². The fraction of sp³-hybridized carbons (Fsp3) is 0.250. The van der Waals surface area contributed by atoms with Gasteiger partial charge in [0.15, 0.2) is 0 Å². The molecule has 0 aromatic carbocycles. The molecule has 0 bridgehead atoms. The van der Waals surface area contributed by atoms with Crippen LogP contribution in [0.4, 0.5) is 0 Å². The third-order valence-corrected chi connectivity index (χ3v) is 2.72. The van der Waals surface area contributed by atoms with Gasteiger partial charge in [0.05, 0.1) is 12.1 Å². The van der Waals surface area contributed by atoms with Crippen LogP contribution in [-0.4, -0.2) is 25.6 Å². The molecule has 2 rings (SSSR count). The molecule has 0 saturated heterocycles. The fourth-order valence-electron chi connectivity index (χ4n) is 1.70. The van der Waals surface area contributed by atoms with E-state index in [0.29, 0.717) is 5.69 Å². The van der Waals surface area contributed by atoms with Gasteiger partial charge in [-0.3, -0.25) is 9.78 Å². The van der Waals surface area contributed by atoms with Crippen molar-refractivity contribution in [2.45, 2.75) is 13.3 Å². The molecule has 0 aliphatic carbocycles. The topological polar surface area (TPSA) is 68.0 Å². The summed E-state index contributed by atoms with van der Waals surface area (Å²) < 4.78 is 1.88. The zero-order valence-electron chi connectivity index (χ0n) is 9.71. The van der Waals surface area contributed by atoms with Crippen LogP contribution in [0.3, 0.4) is 0 Å². The summed E-state index contributed by atoms with van der Waals surface area (Å²) in [6.07, 6.45) is 3.35. The average Bonchev–Trinajstić information content (AvgIpc) is 2.58. The smallest absolute Gasteiger partial charge is 0.309 e. The second-order valence-electron chi connectivity index (χ2n) is 3.84. The first kappa shape index (κ1) is 11.3. The SMILES string of the molecule is Cc1c(CC(=O)O)nc(-c2cccnc2)n1C. The normalized spacial score (nSPS) is 10.5. The highest BCUT2D eigenvalue weighted by Crippen LogP contribution is 2.20. The molecule has 2 heterocycles. The lowest BCUT2D eigenvalue weighted by atomic mass is 10.2. The van der Waals surface area contributed by atoms with E-state index >= 15 is 0 Å². The maximum Gasteiger partial charge on any atom is 0.309 e. The summed E-state index contributed by atoms with van der Waals surface area (Å²) >= 11 is 0. The molecule has 0 atom stereocenters. The number of pyridine rings is 1. The number of hydrogen-bond donors (Lipinski definition) is 1. The Labute approximate surface area is 98.8 Å². The number of aromatic nitrogens is 3. The number of rotatable bonds is 3. The predicted octanol–water partition coefficient (Wildman–Crippen LogP) is 1.42. The van der Waals surface area contributed by atoms with Crippen molar-refractivity contribution in [3.8, 4) is 11.4 Å². The van der Waals surface area contributed by atoms with Gasteiger partial charge in [-0.1, -0.05) is 0 Å². The molecule has 0 saturated carbocycles. The van der Waals surface area contributed by atoms with Crippen molar-refractivity contribution in [3.05, 3.63) is 35.9 Å². The standard InChI is InChI=1S/C12H13N3O2/c1-8-10(6-11(16)17)14-12(15(8)2)9-4-3-5-13-7-9/h3-5,7H,6H2,1-2H3,(H,16,17). The third kappa shape index (κ3) is 2.18. The van der Waals surface area contributed by atoms with Crippen LogP contribution >= 0.6 is 0 Å². The molecule has 0 amide bonds. The minimum atomic E-state index is -0.871. The van der Waals surface area contributed by atoms with Gasteiger partial charge in [0.2, 0.25) is 0 Å². The minimum absolute atomic E-state index is 0.0556. The summed E-state index contributed by atoms with van der Waals surface area (Å²) in [5.41, 5.74) is 2.35. The van der Waals surface area contributed by atoms with E-state index in [0.717, 1.165) is 17.1 Å². The summed E-state index contributed by atoms with van der Waals surface area (Å²) in [6, 6.07) is 3.73. The van der Waals surface area contributed by atoms with Crippen LogP contribution in [0.15, 0.2) is 24.5 Å². The van der Waals surface area contributed by atoms with Crippen molar-refractivity contribution in [1.29, 1.82) is 0 Å². The molecular weight excluding hydrogens is 218 g/mol. The lowest BCUT2D eigenvalue weighted by Gasteiger charge is -2.01. The summed E-state index contributed by atoms with van der Waals surface area (Å²) in [6.45, 7) is 1.87. The van der Waals surface area contributed by atoms with E-state index in [-0.39, 0.29) is 6.42 Å². The quantitative estimate of drug-likeness (QED) is 0.867. The average molecular weight is 231 g/mol. The van der Waals surface area contributed by atoms with Gasteiger partial charge in [0.1, 0.15) is 5.82 Å². The Bertz CT molecular complexity index is 546. The van der Waals surface area contributed by atoms with Crippen LogP contribution in [0.5, 0.6) is 0 Å². The third-order valence-electron chi connectivity index (χ3n) is 2.72. The predicted molar refractivity (Wildman–Crippen MR) is 62.5 cm³/mol. The summed E-state index contributed by atoms with van der Waals surface area (Å²) in [4.78, 5) is 19.1. The molecule has 0 spiro atoms. The van der Waals surface area contributed by atoms with Gasteiger partial charge in [-0.05, 0) is 19.1 Å². The Morgan fingerprint density at radius 2 is 2.29 bits per heavy atom. The maximum absolute atomic E-state index is 10.7.